The van der Waals surface area contributed by atoms with Crippen molar-refractivity contribution >= 4 is 0 Å². The molecule has 0 fully saturated rings. The Hall–Kier alpha value is -0.120. The summed E-state index contributed by atoms with van der Waals surface area (Å²) in [5.41, 5.74) is 0.226. The maximum absolute atomic E-state index is 5.13. The Morgan fingerprint density at radius 1 is 1.25 bits per heavy atom. The first-order chi connectivity index (χ1) is 7.35. The molecule has 0 amide bonds. The Bertz CT molecular complexity index is 166. The van der Waals surface area contributed by atoms with Gasteiger partial charge < -0.3 is 15.0 Å². The fourth-order valence-corrected chi connectivity index (χ4v) is 1.54. The van der Waals surface area contributed by atoms with Gasteiger partial charge in [-0.1, -0.05) is 6.92 Å². The molecule has 0 aromatic heterocycles. The van der Waals surface area contributed by atoms with Gasteiger partial charge in [-0.15, -0.1) is 0 Å². The lowest BCUT2D eigenvalue weighted by molar-refractivity contribution is 0.148. The fraction of sp³-hybridized carbons (Fsp3) is 1.00. The number of ether oxygens (including phenoxy) is 1. The highest BCUT2D eigenvalue weighted by molar-refractivity contribution is 4.70. The van der Waals surface area contributed by atoms with Crippen molar-refractivity contribution in [3.63, 3.8) is 0 Å². The number of nitrogens with zero attached hydrogens (tertiary/aromatic N) is 1. The maximum Gasteiger partial charge on any atom is 0.0488 e. The van der Waals surface area contributed by atoms with E-state index >= 15 is 0 Å². The zero-order valence-corrected chi connectivity index (χ0v) is 12.0. The molecule has 0 aliphatic rings. The van der Waals surface area contributed by atoms with Crippen LogP contribution in [0.1, 0.15) is 34.1 Å². The lowest BCUT2D eigenvalue weighted by Gasteiger charge is -2.24. The summed E-state index contributed by atoms with van der Waals surface area (Å²) in [5.74, 6) is 0.656. The Kier molecular flexibility index (Phi) is 7.98. The molecule has 0 rings (SSSR count). The highest BCUT2D eigenvalue weighted by Gasteiger charge is 2.09. The summed E-state index contributed by atoms with van der Waals surface area (Å²) in [6.07, 6.45) is 1.21. The molecule has 0 aromatic carbocycles. The third-order valence-corrected chi connectivity index (χ3v) is 2.60. The van der Waals surface area contributed by atoms with Crippen LogP contribution in [0.4, 0.5) is 0 Å². The first-order valence-corrected chi connectivity index (χ1v) is 6.27. The van der Waals surface area contributed by atoms with Gasteiger partial charge in [0.1, 0.15) is 0 Å². The van der Waals surface area contributed by atoms with Gasteiger partial charge in [0, 0.05) is 32.3 Å². The van der Waals surface area contributed by atoms with Crippen molar-refractivity contribution in [3.05, 3.63) is 0 Å². The third-order valence-electron chi connectivity index (χ3n) is 2.60. The molecule has 3 nitrogen and oxygen atoms in total. The minimum absolute atomic E-state index is 0.226. The molecular weight excluding hydrogens is 200 g/mol. The SMILES string of the molecule is COCC(C)CCN(C)CCNC(C)(C)C. The number of hydrogen-bond acceptors (Lipinski definition) is 3. The molecule has 0 bridgehead atoms. The normalized spacial score (nSPS) is 14.4. The van der Waals surface area contributed by atoms with Crippen LogP contribution in [0.5, 0.6) is 0 Å². The fourth-order valence-electron chi connectivity index (χ4n) is 1.54. The Morgan fingerprint density at radius 3 is 2.38 bits per heavy atom. The molecule has 0 saturated carbocycles. The lowest BCUT2D eigenvalue weighted by Crippen LogP contribution is -2.40. The molecule has 16 heavy (non-hydrogen) atoms. The van der Waals surface area contributed by atoms with E-state index in [1.807, 2.05) is 0 Å². The van der Waals surface area contributed by atoms with Crippen LogP contribution < -0.4 is 5.32 Å². The first kappa shape index (κ1) is 15.9. The molecule has 0 aliphatic heterocycles. The number of methoxy groups -OCH3 is 1. The van der Waals surface area contributed by atoms with Crippen LogP contribution in [0.2, 0.25) is 0 Å². The standard InChI is InChI=1S/C13H30N2O/c1-12(11-16-6)7-9-15(5)10-8-14-13(2,3)4/h12,14H,7-11H2,1-6H3. The van der Waals surface area contributed by atoms with Crippen molar-refractivity contribution in [2.45, 2.75) is 39.7 Å². The molecule has 98 valence electrons. The minimum Gasteiger partial charge on any atom is -0.384 e. The van der Waals surface area contributed by atoms with Crippen LogP contribution in [0.15, 0.2) is 0 Å². The molecule has 0 saturated heterocycles. The van der Waals surface area contributed by atoms with E-state index in [1.165, 1.54) is 6.42 Å². The van der Waals surface area contributed by atoms with Crippen LogP contribution >= 0.6 is 0 Å². The predicted octanol–water partition coefficient (Wildman–Crippen LogP) is 1.98. The van der Waals surface area contributed by atoms with Crippen LogP contribution in [-0.4, -0.2) is 50.8 Å². The number of hydrogen-bond donors (Lipinski definition) is 1. The minimum atomic E-state index is 0.226. The van der Waals surface area contributed by atoms with E-state index in [9.17, 15) is 0 Å². The van der Waals surface area contributed by atoms with E-state index < -0.39 is 0 Å². The van der Waals surface area contributed by atoms with Gasteiger partial charge in [0.25, 0.3) is 0 Å². The van der Waals surface area contributed by atoms with Crippen LogP contribution in [0, 0.1) is 5.92 Å². The lowest BCUT2D eigenvalue weighted by atomic mass is 10.1. The van der Waals surface area contributed by atoms with Crippen LogP contribution in [-0.2, 0) is 4.74 Å². The monoisotopic (exact) mass is 230 g/mol. The van der Waals surface area contributed by atoms with Crippen LogP contribution in [0.25, 0.3) is 0 Å². The highest BCUT2D eigenvalue weighted by Crippen LogP contribution is 2.03. The average Bonchev–Trinajstić information content (AvgIpc) is 2.13. The van der Waals surface area contributed by atoms with Gasteiger partial charge in [-0.3, -0.25) is 0 Å². The first-order valence-electron chi connectivity index (χ1n) is 6.27. The summed E-state index contributed by atoms with van der Waals surface area (Å²) in [4.78, 5) is 2.38. The zero-order chi connectivity index (χ0) is 12.6. The van der Waals surface area contributed by atoms with Gasteiger partial charge in [-0.25, -0.2) is 0 Å². The van der Waals surface area contributed by atoms with Gasteiger partial charge in [0.15, 0.2) is 0 Å². The molecule has 1 N–H and O–H groups in total. The molecular formula is C13H30N2O. The smallest absolute Gasteiger partial charge is 0.0488 e. The summed E-state index contributed by atoms with van der Waals surface area (Å²) in [6, 6.07) is 0. The average molecular weight is 230 g/mol. The van der Waals surface area contributed by atoms with Gasteiger partial charge in [-0.2, -0.15) is 0 Å². The number of likely N-dealkylation sites (N-methyl/N-ethyl adjacent to an activating group) is 1. The van der Waals surface area contributed by atoms with E-state index in [-0.39, 0.29) is 5.54 Å². The molecule has 0 radical (unpaired) electrons. The second-order valence-corrected chi connectivity index (χ2v) is 5.83. The maximum atomic E-state index is 5.13. The van der Waals surface area contributed by atoms with Gasteiger partial charge in [0.2, 0.25) is 0 Å². The Morgan fingerprint density at radius 2 is 1.88 bits per heavy atom. The van der Waals surface area contributed by atoms with E-state index in [4.69, 9.17) is 4.74 Å². The highest BCUT2D eigenvalue weighted by atomic mass is 16.5. The molecule has 1 atom stereocenters. The molecule has 1 unspecified atom stereocenters. The Balaban J connectivity index is 3.48. The quantitative estimate of drug-likeness (QED) is 0.690. The van der Waals surface area contributed by atoms with E-state index in [0.717, 1.165) is 26.2 Å². The van der Waals surface area contributed by atoms with Crippen molar-refractivity contribution in [2.24, 2.45) is 5.92 Å². The summed E-state index contributed by atoms with van der Waals surface area (Å²) in [6.45, 7) is 13.0. The summed E-state index contributed by atoms with van der Waals surface area (Å²) >= 11 is 0. The molecule has 0 spiro atoms. The van der Waals surface area contributed by atoms with Crippen molar-refractivity contribution in [1.29, 1.82) is 0 Å². The molecule has 0 aromatic rings. The topological polar surface area (TPSA) is 24.5 Å². The van der Waals surface area contributed by atoms with Crippen molar-refractivity contribution in [1.82, 2.24) is 10.2 Å². The molecule has 3 heteroatoms. The van der Waals surface area contributed by atoms with Crippen LogP contribution in [0.3, 0.4) is 0 Å². The summed E-state index contributed by atoms with van der Waals surface area (Å²) in [5, 5.41) is 3.50. The molecule has 0 heterocycles. The van der Waals surface area contributed by atoms with Gasteiger partial charge >= 0.3 is 0 Å². The number of nitrogens with one attached hydrogen (secondary N) is 1. The summed E-state index contributed by atoms with van der Waals surface area (Å²) < 4.78 is 5.13. The van der Waals surface area contributed by atoms with Crippen molar-refractivity contribution < 1.29 is 4.74 Å². The second-order valence-electron chi connectivity index (χ2n) is 5.83. The largest absolute Gasteiger partial charge is 0.384 e. The van der Waals surface area contributed by atoms with Gasteiger partial charge in [0.05, 0.1) is 0 Å². The van der Waals surface area contributed by atoms with Crippen molar-refractivity contribution in [3.8, 4) is 0 Å². The van der Waals surface area contributed by atoms with Crippen molar-refractivity contribution in [2.75, 3.05) is 40.4 Å². The third kappa shape index (κ3) is 10.4. The second kappa shape index (κ2) is 8.04. The van der Waals surface area contributed by atoms with Gasteiger partial charge in [-0.05, 0) is 46.7 Å². The molecule has 0 aliphatic carbocycles. The summed E-state index contributed by atoms with van der Waals surface area (Å²) in [7, 11) is 3.96. The predicted molar refractivity (Wildman–Crippen MR) is 70.9 cm³/mol. The Labute approximate surface area is 102 Å². The zero-order valence-electron chi connectivity index (χ0n) is 12.0. The van der Waals surface area contributed by atoms with E-state index in [1.54, 1.807) is 7.11 Å². The van der Waals surface area contributed by atoms with E-state index in [0.29, 0.717) is 5.92 Å². The number of rotatable bonds is 8. The van der Waals surface area contributed by atoms with E-state index in [2.05, 4.69) is 45.0 Å².